The van der Waals surface area contributed by atoms with Crippen molar-refractivity contribution >= 4 is 35.0 Å². The third-order valence-corrected chi connectivity index (χ3v) is 3.53. The van der Waals surface area contributed by atoms with Crippen molar-refractivity contribution in [1.82, 2.24) is 15.1 Å². The van der Waals surface area contributed by atoms with Gasteiger partial charge in [0, 0.05) is 18.8 Å². The molecule has 1 fully saturated rings. The quantitative estimate of drug-likeness (QED) is 0.680. The van der Waals surface area contributed by atoms with Gasteiger partial charge >= 0.3 is 0 Å². The highest BCUT2D eigenvalue weighted by molar-refractivity contribution is 7.80. The molecule has 1 aromatic carbocycles. The fourth-order valence-corrected chi connectivity index (χ4v) is 2.56. The summed E-state index contributed by atoms with van der Waals surface area (Å²) in [7, 11) is 1.85. The molecular formula is C15H14N4OS. The average Bonchev–Trinajstić information content (AvgIpc) is 2.91. The second kappa shape index (κ2) is 5.14. The lowest BCUT2D eigenvalue weighted by Crippen LogP contribution is -2.30. The van der Waals surface area contributed by atoms with Gasteiger partial charge in [-0.2, -0.15) is 5.10 Å². The molecule has 21 heavy (non-hydrogen) atoms. The van der Waals surface area contributed by atoms with Gasteiger partial charge in [-0.05, 0) is 37.4 Å². The standard InChI is InChI=1S/C15H14N4OS/c1-10-11(9-18(2)17-10)8-13-14(20)19(15(21)16-13)12-6-4-3-5-7-12/h3-9H,1-2H3,(H,16,21). The van der Waals surface area contributed by atoms with Crippen LogP contribution in [-0.4, -0.2) is 20.8 Å². The van der Waals surface area contributed by atoms with E-state index in [4.69, 9.17) is 12.2 Å². The van der Waals surface area contributed by atoms with Gasteiger partial charge in [-0.1, -0.05) is 18.2 Å². The second-order valence-electron chi connectivity index (χ2n) is 4.81. The monoisotopic (exact) mass is 298 g/mol. The highest BCUT2D eigenvalue weighted by atomic mass is 32.1. The SMILES string of the molecule is Cc1nn(C)cc1C=C1NC(=S)N(c2ccccc2)C1=O. The first-order valence-corrected chi connectivity index (χ1v) is 6.89. The number of benzene rings is 1. The van der Waals surface area contributed by atoms with E-state index in [2.05, 4.69) is 10.4 Å². The van der Waals surface area contributed by atoms with Crippen LogP contribution in [0.4, 0.5) is 5.69 Å². The highest BCUT2D eigenvalue weighted by Gasteiger charge is 2.31. The van der Waals surface area contributed by atoms with Crippen molar-refractivity contribution in [2.75, 3.05) is 4.90 Å². The van der Waals surface area contributed by atoms with E-state index in [0.29, 0.717) is 10.8 Å². The maximum Gasteiger partial charge on any atom is 0.281 e. The lowest BCUT2D eigenvalue weighted by molar-refractivity contribution is -0.113. The van der Waals surface area contributed by atoms with Crippen LogP contribution < -0.4 is 10.2 Å². The van der Waals surface area contributed by atoms with Gasteiger partial charge in [0.15, 0.2) is 5.11 Å². The van der Waals surface area contributed by atoms with Gasteiger partial charge in [0.2, 0.25) is 0 Å². The number of rotatable bonds is 2. The van der Waals surface area contributed by atoms with Crippen LogP contribution in [0.3, 0.4) is 0 Å². The molecule has 1 aliphatic rings. The van der Waals surface area contributed by atoms with E-state index < -0.39 is 0 Å². The lowest BCUT2D eigenvalue weighted by atomic mass is 10.2. The molecule has 1 saturated heterocycles. The van der Waals surface area contributed by atoms with Gasteiger partial charge in [-0.3, -0.25) is 14.4 Å². The molecule has 1 aliphatic heterocycles. The lowest BCUT2D eigenvalue weighted by Gasteiger charge is -2.13. The van der Waals surface area contributed by atoms with Crippen LogP contribution in [0, 0.1) is 6.92 Å². The zero-order valence-electron chi connectivity index (χ0n) is 11.7. The van der Waals surface area contributed by atoms with Crippen molar-refractivity contribution in [3.05, 3.63) is 53.5 Å². The minimum absolute atomic E-state index is 0.158. The average molecular weight is 298 g/mol. The van der Waals surface area contributed by atoms with Crippen LogP contribution in [0.15, 0.2) is 42.2 Å². The first-order chi connectivity index (χ1) is 10.1. The third-order valence-electron chi connectivity index (χ3n) is 3.24. The van der Waals surface area contributed by atoms with Gasteiger partial charge in [0.25, 0.3) is 5.91 Å². The molecule has 1 N–H and O–H groups in total. The zero-order valence-corrected chi connectivity index (χ0v) is 12.5. The molecule has 5 nitrogen and oxygen atoms in total. The number of amides is 1. The Labute approximate surface area is 127 Å². The molecule has 1 amide bonds. The minimum atomic E-state index is -0.158. The predicted octanol–water partition coefficient (Wildman–Crippen LogP) is 1.99. The van der Waals surface area contributed by atoms with E-state index in [-0.39, 0.29) is 5.91 Å². The van der Waals surface area contributed by atoms with Crippen molar-refractivity contribution in [3.63, 3.8) is 0 Å². The summed E-state index contributed by atoms with van der Waals surface area (Å²) < 4.78 is 1.72. The molecular weight excluding hydrogens is 284 g/mol. The topological polar surface area (TPSA) is 50.2 Å². The van der Waals surface area contributed by atoms with Crippen LogP contribution in [0.2, 0.25) is 0 Å². The fraction of sp³-hybridized carbons (Fsp3) is 0.133. The molecule has 0 radical (unpaired) electrons. The number of carbonyl (C=O) groups excluding carboxylic acids is 1. The summed E-state index contributed by atoms with van der Waals surface area (Å²) in [6.45, 7) is 1.90. The highest BCUT2D eigenvalue weighted by Crippen LogP contribution is 2.22. The summed E-state index contributed by atoms with van der Waals surface area (Å²) in [6.07, 6.45) is 3.64. The molecule has 0 spiro atoms. The van der Waals surface area contributed by atoms with E-state index >= 15 is 0 Å². The molecule has 0 aliphatic carbocycles. The number of anilines is 1. The number of thiocarbonyl (C=S) groups is 1. The number of para-hydroxylation sites is 1. The smallest absolute Gasteiger partial charge is 0.281 e. The van der Waals surface area contributed by atoms with Crippen molar-refractivity contribution in [2.24, 2.45) is 7.05 Å². The van der Waals surface area contributed by atoms with E-state index in [1.54, 1.807) is 10.8 Å². The summed E-state index contributed by atoms with van der Waals surface area (Å²) >= 11 is 5.26. The largest absolute Gasteiger partial charge is 0.327 e. The number of nitrogens with zero attached hydrogens (tertiary/aromatic N) is 3. The molecule has 0 saturated carbocycles. The molecule has 2 heterocycles. The minimum Gasteiger partial charge on any atom is -0.327 e. The summed E-state index contributed by atoms with van der Waals surface area (Å²) in [5.41, 5.74) is 2.97. The van der Waals surface area contributed by atoms with Gasteiger partial charge in [-0.15, -0.1) is 0 Å². The number of nitrogens with one attached hydrogen (secondary N) is 1. The van der Waals surface area contributed by atoms with Crippen molar-refractivity contribution in [2.45, 2.75) is 6.92 Å². The number of hydrogen-bond acceptors (Lipinski definition) is 3. The molecule has 3 rings (SSSR count). The van der Waals surface area contributed by atoms with Gasteiger partial charge in [0.05, 0.1) is 11.4 Å². The Hall–Kier alpha value is -2.47. The van der Waals surface area contributed by atoms with E-state index in [1.807, 2.05) is 50.5 Å². The maximum absolute atomic E-state index is 12.5. The molecule has 0 atom stereocenters. The Morgan fingerprint density at radius 1 is 1.29 bits per heavy atom. The summed E-state index contributed by atoms with van der Waals surface area (Å²) in [5.74, 6) is -0.158. The fourth-order valence-electron chi connectivity index (χ4n) is 2.26. The third kappa shape index (κ3) is 2.45. The molecule has 2 aromatic rings. The first-order valence-electron chi connectivity index (χ1n) is 6.48. The Bertz CT molecular complexity index is 748. The zero-order chi connectivity index (χ0) is 15.0. The Morgan fingerprint density at radius 3 is 2.62 bits per heavy atom. The number of aromatic nitrogens is 2. The molecule has 106 valence electrons. The first kappa shape index (κ1) is 13.5. The van der Waals surface area contributed by atoms with Crippen LogP contribution >= 0.6 is 12.2 Å². The van der Waals surface area contributed by atoms with Crippen molar-refractivity contribution in [3.8, 4) is 0 Å². The number of aryl methyl sites for hydroxylation is 2. The molecule has 6 heteroatoms. The summed E-state index contributed by atoms with van der Waals surface area (Å²) in [4.78, 5) is 14.0. The van der Waals surface area contributed by atoms with E-state index in [9.17, 15) is 4.79 Å². The molecule has 1 aromatic heterocycles. The van der Waals surface area contributed by atoms with Crippen molar-refractivity contribution < 1.29 is 4.79 Å². The Balaban J connectivity index is 1.96. The van der Waals surface area contributed by atoms with E-state index in [0.717, 1.165) is 16.9 Å². The Kier molecular flexibility index (Phi) is 3.31. The molecule has 0 unspecified atom stereocenters. The predicted molar refractivity (Wildman–Crippen MR) is 85.6 cm³/mol. The second-order valence-corrected chi connectivity index (χ2v) is 5.19. The van der Waals surface area contributed by atoms with Crippen LogP contribution in [0.25, 0.3) is 6.08 Å². The van der Waals surface area contributed by atoms with Crippen LogP contribution in [0.5, 0.6) is 0 Å². The van der Waals surface area contributed by atoms with E-state index in [1.165, 1.54) is 4.90 Å². The van der Waals surface area contributed by atoms with Gasteiger partial charge in [-0.25, -0.2) is 0 Å². The maximum atomic E-state index is 12.5. The normalized spacial score (nSPS) is 16.7. The number of hydrogen-bond donors (Lipinski definition) is 1. The summed E-state index contributed by atoms with van der Waals surface area (Å²) in [5, 5.41) is 7.62. The van der Waals surface area contributed by atoms with Gasteiger partial charge in [0.1, 0.15) is 5.70 Å². The van der Waals surface area contributed by atoms with Gasteiger partial charge < -0.3 is 5.32 Å². The summed E-state index contributed by atoms with van der Waals surface area (Å²) in [6, 6.07) is 9.35. The molecule has 0 bridgehead atoms. The Morgan fingerprint density at radius 2 is 2.00 bits per heavy atom. The van der Waals surface area contributed by atoms with Crippen molar-refractivity contribution in [1.29, 1.82) is 0 Å². The number of carbonyl (C=O) groups is 1. The van der Waals surface area contributed by atoms with Crippen LogP contribution in [0.1, 0.15) is 11.3 Å². The van der Waals surface area contributed by atoms with Crippen LogP contribution in [-0.2, 0) is 11.8 Å².